The topological polar surface area (TPSA) is 47.6 Å². The molecule has 0 bridgehead atoms. The molecule has 5 nitrogen and oxygen atoms in total. The number of amides is 1. The van der Waals surface area contributed by atoms with Crippen LogP contribution >= 0.6 is 0 Å². The van der Waals surface area contributed by atoms with E-state index in [1.54, 1.807) is 6.20 Å². The molecule has 1 amide bonds. The highest BCUT2D eigenvalue weighted by Crippen LogP contribution is 2.10. The Bertz CT molecular complexity index is 330. The van der Waals surface area contributed by atoms with Crippen molar-refractivity contribution < 1.29 is 4.79 Å². The van der Waals surface area contributed by atoms with Gasteiger partial charge in [-0.3, -0.25) is 4.79 Å². The van der Waals surface area contributed by atoms with E-state index in [0.717, 1.165) is 26.2 Å². The highest BCUT2D eigenvalue weighted by atomic mass is 16.2. The van der Waals surface area contributed by atoms with Crippen molar-refractivity contribution in [2.24, 2.45) is 0 Å². The van der Waals surface area contributed by atoms with E-state index in [1.165, 1.54) is 6.42 Å². The summed E-state index contributed by atoms with van der Waals surface area (Å²) in [5, 5.41) is 5.60. The fourth-order valence-corrected chi connectivity index (χ4v) is 1.74. The molecular weight excluding hydrogens is 228 g/mol. The van der Waals surface area contributed by atoms with Gasteiger partial charge in [0.2, 0.25) is 0 Å². The third kappa shape index (κ3) is 4.07. The molecular formula is C13H24N4O. The molecule has 0 atom stereocenters. The van der Waals surface area contributed by atoms with Gasteiger partial charge in [-0.25, -0.2) is 0 Å². The smallest absolute Gasteiger partial charge is 0.274 e. The molecule has 2 rings (SSSR count). The van der Waals surface area contributed by atoms with Crippen LogP contribution in [-0.2, 0) is 4.79 Å². The zero-order valence-corrected chi connectivity index (χ0v) is 11.6. The molecule has 1 saturated heterocycles. The first kappa shape index (κ1) is 14.6. The van der Waals surface area contributed by atoms with E-state index in [0.29, 0.717) is 11.5 Å². The van der Waals surface area contributed by atoms with Gasteiger partial charge in [0, 0.05) is 32.4 Å². The van der Waals surface area contributed by atoms with E-state index in [4.69, 9.17) is 0 Å². The normalized spacial score (nSPS) is 20.4. The van der Waals surface area contributed by atoms with E-state index in [9.17, 15) is 4.79 Å². The van der Waals surface area contributed by atoms with Gasteiger partial charge < -0.3 is 20.4 Å². The summed E-state index contributed by atoms with van der Waals surface area (Å²) in [6, 6.07) is 0. The molecule has 0 saturated carbocycles. The highest BCUT2D eigenvalue weighted by Gasteiger charge is 2.23. The maximum absolute atomic E-state index is 11.6. The van der Waals surface area contributed by atoms with Crippen molar-refractivity contribution in [1.82, 2.24) is 20.4 Å². The van der Waals surface area contributed by atoms with Crippen LogP contribution in [0.3, 0.4) is 0 Å². The minimum atomic E-state index is -0.0664. The van der Waals surface area contributed by atoms with Crippen LogP contribution in [0, 0.1) is 0 Å². The number of rotatable bonds is 1. The first-order valence-corrected chi connectivity index (χ1v) is 6.48. The number of hydrogen-bond donors (Lipinski definition) is 2. The lowest BCUT2D eigenvalue weighted by Gasteiger charge is -2.36. The zero-order valence-electron chi connectivity index (χ0n) is 11.6. The summed E-state index contributed by atoms with van der Waals surface area (Å²) in [4.78, 5) is 16.0. The van der Waals surface area contributed by atoms with Gasteiger partial charge in [0.15, 0.2) is 0 Å². The predicted octanol–water partition coefficient (Wildman–Crippen LogP) is 0.682. The lowest BCUT2D eigenvalue weighted by atomic mass is 10.2. The molecule has 102 valence electrons. The number of piperazine rings is 1. The average molecular weight is 252 g/mol. The molecule has 5 heteroatoms. The molecule has 18 heavy (non-hydrogen) atoms. The van der Waals surface area contributed by atoms with Crippen LogP contribution in [0.2, 0.25) is 0 Å². The summed E-state index contributed by atoms with van der Waals surface area (Å²) in [6.45, 7) is 11.7. The van der Waals surface area contributed by atoms with Gasteiger partial charge in [0.1, 0.15) is 11.5 Å². The molecule has 0 aromatic carbocycles. The van der Waals surface area contributed by atoms with Crippen LogP contribution in [0.15, 0.2) is 24.3 Å². The monoisotopic (exact) mass is 252 g/mol. The highest BCUT2D eigenvalue weighted by molar-refractivity contribution is 5.94. The number of hydrogen-bond acceptors (Lipinski definition) is 4. The fraction of sp³-hybridized carbons (Fsp3) is 0.615. The molecule has 2 heterocycles. The Morgan fingerprint density at radius 1 is 1.28 bits per heavy atom. The SMILES string of the molecule is C=C1NC=C(N2CCN(C)CC2)C(=O)N1.CCC. The standard InChI is InChI=1S/C10H16N4O.C3H8/c1-8-11-7-9(10(15)12-8)14-5-3-13(2)4-6-14;1-3-2/h7,11H,1,3-6H2,2H3,(H,12,15);3H2,1-2H3. The van der Waals surface area contributed by atoms with Crippen LogP contribution in [-0.4, -0.2) is 48.9 Å². The summed E-state index contributed by atoms with van der Waals surface area (Å²) in [5.41, 5.74) is 0.704. The lowest BCUT2D eigenvalue weighted by molar-refractivity contribution is -0.119. The van der Waals surface area contributed by atoms with Gasteiger partial charge in [-0.1, -0.05) is 26.8 Å². The van der Waals surface area contributed by atoms with Gasteiger partial charge >= 0.3 is 0 Å². The van der Waals surface area contributed by atoms with Crippen molar-refractivity contribution in [2.75, 3.05) is 33.2 Å². The van der Waals surface area contributed by atoms with Gasteiger partial charge in [-0.05, 0) is 7.05 Å². The summed E-state index contributed by atoms with van der Waals surface area (Å²) in [6.07, 6.45) is 2.98. The summed E-state index contributed by atoms with van der Waals surface area (Å²) in [5.74, 6) is 0.473. The molecule has 0 radical (unpaired) electrons. The summed E-state index contributed by atoms with van der Waals surface area (Å²) in [7, 11) is 2.09. The molecule has 0 aliphatic carbocycles. The Morgan fingerprint density at radius 3 is 2.33 bits per heavy atom. The van der Waals surface area contributed by atoms with Crippen molar-refractivity contribution in [2.45, 2.75) is 20.3 Å². The van der Waals surface area contributed by atoms with E-state index in [2.05, 4.69) is 47.9 Å². The van der Waals surface area contributed by atoms with Crippen molar-refractivity contribution in [3.63, 3.8) is 0 Å². The maximum atomic E-state index is 11.6. The summed E-state index contributed by atoms with van der Waals surface area (Å²) < 4.78 is 0. The summed E-state index contributed by atoms with van der Waals surface area (Å²) >= 11 is 0. The third-order valence-corrected chi connectivity index (χ3v) is 2.72. The Morgan fingerprint density at radius 2 is 1.83 bits per heavy atom. The predicted molar refractivity (Wildman–Crippen MR) is 73.5 cm³/mol. The molecule has 0 aromatic heterocycles. The van der Waals surface area contributed by atoms with Crippen molar-refractivity contribution in [3.05, 3.63) is 24.3 Å². The first-order chi connectivity index (χ1) is 8.58. The molecule has 0 unspecified atom stereocenters. The van der Waals surface area contributed by atoms with E-state index in [-0.39, 0.29) is 5.91 Å². The quantitative estimate of drug-likeness (QED) is 0.720. The second-order valence-electron chi connectivity index (χ2n) is 4.60. The average Bonchev–Trinajstić information content (AvgIpc) is 2.32. The van der Waals surface area contributed by atoms with Crippen molar-refractivity contribution >= 4 is 5.91 Å². The second kappa shape index (κ2) is 7.06. The minimum absolute atomic E-state index is 0.0664. The van der Waals surface area contributed by atoms with Crippen LogP contribution in [0.5, 0.6) is 0 Å². The Kier molecular flexibility index (Phi) is 5.71. The lowest BCUT2D eigenvalue weighted by Crippen LogP contribution is -2.49. The van der Waals surface area contributed by atoms with Crippen molar-refractivity contribution in [1.29, 1.82) is 0 Å². The maximum Gasteiger partial charge on any atom is 0.274 e. The van der Waals surface area contributed by atoms with E-state index >= 15 is 0 Å². The number of nitrogens with zero attached hydrogens (tertiary/aromatic N) is 2. The first-order valence-electron chi connectivity index (χ1n) is 6.48. The molecule has 0 aromatic rings. The fourth-order valence-electron chi connectivity index (χ4n) is 1.74. The Balaban J connectivity index is 0.000000492. The van der Waals surface area contributed by atoms with Crippen LogP contribution in [0.25, 0.3) is 0 Å². The van der Waals surface area contributed by atoms with Gasteiger partial charge in [-0.2, -0.15) is 0 Å². The third-order valence-electron chi connectivity index (χ3n) is 2.72. The molecule has 2 aliphatic rings. The number of nitrogens with one attached hydrogen (secondary N) is 2. The molecule has 1 fully saturated rings. The Hall–Kier alpha value is -1.49. The van der Waals surface area contributed by atoms with Crippen LogP contribution < -0.4 is 10.6 Å². The number of likely N-dealkylation sites (N-methyl/N-ethyl adjacent to an activating group) is 1. The second-order valence-corrected chi connectivity index (χ2v) is 4.60. The van der Waals surface area contributed by atoms with Gasteiger partial charge in [0.05, 0.1) is 0 Å². The van der Waals surface area contributed by atoms with Gasteiger partial charge in [0.25, 0.3) is 5.91 Å². The zero-order chi connectivity index (χ0) is 13.5. The number of carbonyl (C=O) groups is 1. The van der Waals surface area contributed by atoms with E-state index < -0.39 is 0 Å². The van der Waals surface area contributed by atoms with Crippen LogP contribution in [0.4, 0.5) is 0 Å². The molecule has 0 spiro atoms. The molecule has 2 N–H and O–H groups in total. The van der Waals surface area contributed by atoms with Crippen LogP contribution in [0.1, 0.15) is 20.3 Å². The van der Waals surface area contributed by atoms with Crippen molar-refractivity contribution in [3.8, 4) is 0 Å². The number of carbonyl (C=O) groups excluding carboxylic acids is 1. The van der Waals surface area contributed by atoms with Gasteiger partial charge in [-0.15, -0.1) is 0 Å². The van der Waals surface area contributed by atoms with E-state index in [1.807, 2.05) is 0 Å². The molecule has 2 aliphatic heterocycles. The largest absolute Gasteiger partial charge is 0.363 e. The Labute approximate surface area is 110 Å². The minimum Gasteiger partial charge on any atom is -0.363 e.